The summed E-state index contributed by atoms with van der Waals surface area (Å²) < 4.78 is 10.9. The van der Waals surface area contributed by atoms with E-state index in [1.54, 1.807) is 12.1 Å². The average Bonchev–Trinajstić information content (AvgIpc) is 2.96. The largest absolute Gasteiger partial charge is 0.546 e. The molecule has 1 heterocycles. The van der Waals surface area contributed by atoms with Crippen LogP contribution in [0.2, 0.25) is 0 Å². The maximum Gasteiger partial charge on any atom is 0.293 e. The Hall–Kier alpha value is -2.78. The van der Waals surface area contributed by atoms with Gasteiger partial charge in [0.1, 0.15) is 6.61 Å². The molecule has 9 heteroatoms. The van der Waals surface area contributed by atoms with E-state index in [4.69, 9.17) is 9.47 Å². The van der Waals surface area contributed by atoms with Gasteiger partial charge in [0.15, 0.2) is 11.5 Å². The molecule has 1 aliphatic heterocycles. The van der Waals surface area contributed by atoms with E-state index >= 15 is 0 Å². The van der Waals surface area contributed by atoms with Crippen LogP contribution in [-0.4, -0.2) is 35.7 Å². The number of halogens is 1. The molecule has 2 aromatic rings. The molecule has 0 aliphatic carbocycles. The van der Waals surface area contributed by atoms with E-state index < -0.39 is 12.6 Å². The Kier molecular flexibility index (Phi) is 6.60. The van der Waals surface area contributed by atoms with Crippen molar-refractivity contribution in [3.05, 3.63) is 63.0 Å². The van der Waals surface area contributed by atoms with Crippen molar-refractivity contribution >= 4 is 50.9 Å². The van der Waals surface area contributed by atoms with Crippen LogP contribution in [0, 0.1) is 0 Å². The topological polar surface area (TPSA) is 96.0 Å². The molecule has 0 aromatic heterocycles. The van der Waals surface area contributed by atoms with E-state index in [2.05, 4.69) is 15.9 Å². The SMILES string of the molecule is COc1cc(/C=C2\SC(=O)N(Cc3ccccc3)C2=O)c(Br)cc1OCC(=O)[O-]. The molecule has 2 aromatic carbocycles. The number of rotatable bonds is 7. The van der Waals surface area contributed by atoms with Gasteiger partial charge in [0.25, 0.3) is 11.1 Å². The fourth-order valence-corrected chi connectivity index (χ4v) is 3.88. The van der Waals surface area contributed by atoms with E-state index in [9.17, 15) is 19.5 Å². The van der Waals surface area contributed by atoms with Crippen molar-refractivity contribution in [2.24, 2.45) is 0 Å². The first-order valence-electron chi connectivity index (χ1n) is 8.38. The van der Waals surface area contributed by atoms with Crippen LogP contribution in [0.15, 0.2) is 51.8 Å². The second kappa shape index (κ2) is 9.15. The second-order valence-corrected chi connectivity index (χ2v) is 7.79. The Morgan fingerprint density at radius 2 is 1.93 bits per heavy atom. The number of hydrogen-bond donors (Lipinski definition) is 0. The van der Waals surface area contributed by atoms with Crippen molar-refractivity contribution < 1.29 is 29.0 Å². The smallest absolute Gasteiger partial charge is 0.293 e. The average molecular weight is 477 g/mol. The molecule has 1 saturated heterocycles. The van der Waals surface area contributed by atoms with E-state index in [0.29, 0.717) is 10.0 Å². The summed E-state index contributed by atoms with van der Waals surface area (Å²) in [4.78, 5) is 37.1. The molecule has 0 atom stereocenters. The Morgan fingerprint density at radius 1 is 1.21 bits per heavy atom. The first-order chi connectivity index (χ1) is 13.9. The predicted octanol–water partition coefficient (Wildman–Crippen LogP) is 2.82. The van der Waals surface area contributed by atoms with Crippen LogP contribution in [0.1, 0.15) is 11.1 Å². The lowest BCUT2D eigenvalue weighted by Crippen LogP contribution is -2.29. The number of benzene rings is 2. The molecular formula is C20H15BrNO6S-. The first-order valence-corrected chi connectivity index (χ1v) is 9.99. The number of carbonyl (C=O) groups is 3. The molecule has 1 aliphatic rings. The van der Waals surface area contributed by atoms with Gasteiger partial charge in [-0.2, -0.15) is 0 Å². The van der Waals surface area contributed by atoms with Gasteiger partial charge in [-0.1, -0.05) is 46.3 Å². The van der Waals surface area contributed by atoms with Crippen LogP contribution in [0.25, 0.3) is 6.08 Å². The molecule has 2 amide bonds. The van der Waals surface area contributed by atoms with Crippen LogP contribution in [0.4, 0.5) is 4.79 Å². The van der Waals surface area contributed by atoms with Crippen molar-refractivity contribution in [3.8, 4) is 11.5 Å². The summed E-state index contributed by atoms with van der Waals surface area (Å²) in [6, 6.07) is 12.4. The zero-order valence-electron chi connectivity index (χ0n) is 15.2. The summed E-state index contributed by atoms with van der Waals surface area (Å²) in [5, 5.41) is 10.3. The van der Waals surface area contributed by atoms with E-state index in [-0.39, 0.29) is 34.1 Å². The molecule has 0 unspecified atom stereocenters. The summed E-state index contributed by atoms with van der Waals surface area (Å²) in [5.41, 5.74) is 1.43. The van der Waals surface area contributed by atoms with Crippen LogP contribution >= 0.6 is 27.7 Å². The van der Waals surface area contributed by atoms with Crippen molar-refractivity contribution in [1.29, 1.82) is 0 Å². The predicted molar refractivity (Wildman–Crippen MR) is 109 cm³/mol. The Labute approximate surface area is 179 Å². The van der Waals surface area contributed by atoms with Crippen molar-refractivity contribution in [2.75, 3.05) is 13.7 Å². The van der Waals surface area contributed by atoms with Gasteiger partial charge in [-0.3, -0.25) is 14.5 Å². The number of ether oxygens (including phenoxy) is 2. The molecule has 150 valence electrons. The molecular weight excluding hydrogens is 462 g/mol. The maximum atomic E-state index is 12.7. The van der Waals surface area contributed by atoms with Gasteiger partial charge < -0.3 is 19.4 Å². The number of aliphatic carboxylic acids is 1. The number of carboxylic acid groups (broad SMARTS) is 1. The normalized spacial score (nSPS) is 15.1. The summed E-state index contributed by atoms with van der Waals surface area (Å²) in [7, 11) is 1.41. The Balaban J connectivity index is 1.85. The van der Waals surface area contributed by atoms with Gasteiger partial charge >= 0.3 is 0 Å². The number of carbonyl (C=O) groups excluding carboxylic acids is 3. The van der Waals surface area contributed by atoms with Gasteiger partial charge in [0.05, 0.1) is 24.5 Å². The number of imide groups is 1. The molecule has 1 fully saturated rings. The minimum absolute atomic E-state index is 0.198. The van der Waals surface area contributed by atoms with Crippen LogP contribution in [0.5, 0.6) is 11.5 Å². The third kappa shape index (κ3) is 4.99. The highest BCUT2D eigenvalue weighted by atomic mass is 79.9. The summed E-state index contributed by atoms with van der Waals surface area (Å²) >= 11 is 4.22. The lowest BCUT2D eigenvalue weighted by molar-refractivity contribution is -0.307. The molecule has 0 N–H and O–H groups in total. The van der Waals surface area contributed by atoms with Crippen LogP contribution in [-0.2, 0) is 16.1 Å². The van der Waals surface area contributed by atoms with E-state index in [1.807, 2.05) is 30.3 Å². The zero-order chi connectivity index (χ0) is 21.0. The highest BCUT2D eigenvalue weighted by Crippen LogP contribution is 2.38. The monoisotopic (exact) mass is 476 g/mol. The number of hydrogen-bond acceptors (Lipinski definition) is 7. The fourth-order valence-electron chi connectivity index (χ4n) is 2.61. The van der Waals surface area contributed by atoms with E-state index in [0.717, 1.165) is 17.3 Å². The summed E-state index contributed by atoms with van der Waals surface area (Å²) in [6.07, 6.45) is 1.57. The van der Waals surface area contributed by atoms with Crippen molar-refractivity contribution in [2.45, 2.75) is 6.54 Å². The highest BCUT2D eigenvalue weighted by molar-refractivity contribution is 9.10. The standard InChI is InChI=1S/C20H16BrNO6S/c1-27-15-7-13(14(21)9-16(15)28-11-18(23)24)8-17-19(25)22(20(26)29-17)10-12-5-3-2-4-6-12/h2-9H,10-11H2,1H3,(H,23,24)/p-1/b17-8-. The lowest BCUT2D eigenvalue weighted by Gasteiger charge is -2.13. The number of amides is 2. The first kappa shape index (κ1) is 20.9. The van der Waals surface area contributed by atoms with Gasteiger partial charge in [-0.05, 0) is 41.1 Å². The quantitative estimate of drug-likeness (QED) is 0.566. The third-order valence-electron chi connectivity index (χ3n) is 3.97. The number of carboxylic acids is 1. The fraction of sp³-hybridized carbons (Fsp3) is 0.150. The Morgan fingerprint density at radius 3 is 2.59 bits per heavy atom. The van der Waals surface area contributed by atoms with Crippen LogP contribution < -0.4 is 14.6 Å². The molecule has 0 saturated carbocycles. The van der Waals surface area contributed by atoms with Gasteiger partial charge in [0.2, 0.25) is 0 Å². The zero-order valence-corrected chi connectivity index (χ0v) is 17.6. The molecule has 0 spiro atoms. The van der Waals surface area contributed by atoms with E-state index in [1.165, 1.54) is 18.1 Å². The molecule has 0 radical (unpaired) electrons. The van der Waals surface area contributed by atoms with Gasteiger partial charge in [-0.25, -0.2) is 0 Å². The van der Waals surface area contributed by atoms with Crippen molar-refractivity contribution in [3.63, 3.8) is 0 Å². The molecule has 7 nitrogen and oxygen atoms in total. The van der Waals surface area contributed by atoms with Crippen LogP contribution in [0.3, 0.4) is 0 Å². The minimum Gasteiger partial charge on any atom is -0.546 e. The Bertz CT molecular complexity index is 992. The van der Waals surface area contributed by atoms with Gasteiger partial charge in [-0.15, -0.1) is 0 Å². The summed E-state index contributed by atoms with van der Waals surface area (Å²) in [5.74, 6) is -1.26. The highest BCUT2D eigenvalue weighted by Gasteiger charge is 2.35. The maximum absolute atomic E-state index is 12.7. The number of nitrogens with zero attached hydrogens (tertiary/aromatic N) is 1. The van der Waals surface area contributed by atoms with Crippen molar-refractivity contribution in [1.82, 2.24) is 4.90 Å². The summed E-state index contributed by atoms with van der Waals surface area (Å²) in [6.45, 7) is -0.427. The third-order valence-corrected chi connectivity index (χ3v) is 5.57. The number of thioether (sulfide) groups is 1. The molecule has 3 rings (SSSR count). The second-order valence-electron chi connectivity index (χ2n) is 5.94. The molecule has 29 heavy (non-hydrogen) atoms. The molecule has 0 bridgehead atoms. The minimum atomic E-state index is -1.36. The number of methoxy groups -OCH3 is 1. The van der Waals surface area contributed by atoms with Gasteiger partial charge in [0, 0.05) is 4.47 Å². The lowest BCUT2D eigenvalue weighted by atomic mass is 10.1.